The van der Waals surface area contributed by atoms with Crippen molar-refractivity contribution in [1.29, 1.82) is 0 Å². The number of amides is 1. The minimum absolute atomic E-state index is 0.00670. The molecule has 4 nitrogen and oxygen atoms in total. The quantitative estimate of drug-likeness (QED) is 0.938. The third kappa shape index (κ3) is 2.78. The van der Waals surface area contributed by atoms with E-state index in [-0.39, 0.29) is 11.9 Å². The second-order valence-corrected chi connectivity index (χ2v) is 6.50. The SMILES string of the molecule is Cc1ccc(-n2nc(C3CC3)c(C(=O)NC(C)C)c2C)cc1. The average Bonchev–Trinajstić information content (AvgIpc) is 3.23. The highest BCUT2D eigenvalue weighted by Gasteiger charge is 2.33. The van der Waals surface area contributed by atoms with Gasteiger partial charge in [-0.2, -0.15) is 5.10 Å². The van der Waals surface area contributed by atoms with Gasteiger partial charge < -0.3 is 5.32 Å². The summed E-state index contributed by atoms with van der Waals surface area (Å²) in [4.78, 5) is 12.6. The van der Waals surface area contributed by atoms with Crippen molar-refractivity contribution in [2.75, 3.05) is 0 Å². The zero-order valence-electron chi connectivity index (χ0n) is 13.7. The maximum Gasteiger partial charge on any atom is 0.255 e. The van der Waals surface area contributed by atoms with Gasteiger partial charge in [-0.15, -0.1) is 0 Å². The minimum atomic E-state index is -0.00670. The number of carbonyl (C=O) groups excluding carboxylic acids is 1. The fourth-order valence-electron chi connectivity index (χ4n) is 2.72. The van der Waals surface area contributed by atoms with Gasteiger partial charge >= 0.3 is 0 Å². The first-order chi connectivity index (χ1) is 10.5. The molecule has 1 amide bonds. The predicted molar refractivity (Wildman–Crippen MR) is 87.6 cm³/mol. The fourth-order valence-corrected chi connectivity index (χ4v) is 2.72. The van der Waals surface area contributed by atoms with Crippen LogP contribution in [0.15, 0.2) is 24.3 Å². The number of rotatable bonds is 4. The highest BCUT2D eigenvalue weighted by Crippen LogP contribution is 2.42. The molecule has 0 atom stereocenters. The molecule has 1 aromatic heterocycles. The maximum absolute atomic E-state index is 12.6. The molecule has 22 heavy (non-hydrogen) atoms. The summed E-state index contributed by atoms with van der Waals surface area (Å²) in [7, 11) is 0. The fraction of sp³-hybridized carbons (Fsp3) is 0.444. The molecule has 116 valence electrons. The summed E-state index contributed by atoms with van der Waals surface area (Å²) in [6, 6.07) is 8.37. The predicted octanol–water partition coefficient (Wildman–Crippen LogP) is 3.50. The van der Waals surface area contributed by atoms with Crippen molar-refractivity contribution in [2.24, 2.45) is 0 Å². The number of nitrogens with zero attached hydrogens (tertiary/aromatic N) is 2. The first-order valence-corrected chi connectivity index (χ1v) is 7.94. The van der Waals surface area contributed by atoms with Crippen molar-refractivity contribution in [1.82, 2.24) is 15.1 Å². The summed E-state index contributed by atoms with van der Waals surface area (Å²) >= 11 is 0. The average molecular weight is 297 g/mol. The van der Waals surface area contributed by atoms with Crippen molar-refractivity contribution < 1.29 is 4.79 Å². The summed E-state index contributed by atoms with van der Waals surface area (Å²) < 4.78 is 1.91. The summed E-state index contributed by atoms with van der Waals surface area (Å²) in [5.74, 6) is 0.436. The molecule has 0 aliphatic heterocycles. The molecule has 2 aromatic rings. The van der Waals surface area contributed by atoms with Gasteiger partial charge in [-0.25, -0.2) is 4.68 Å². The monoisotopic (exact) mass is 297 g/mol. The summed E-state index contributed by atoms with van der Waals surface area (Å²) in [5, 5.41) is 7.76. The van der Waals surface area contributed by atoms with E-state index in [1.165, 1.54) is 5.56 Å². The Morgan fingerprint density at radius 1 is 1.23 bits per heavy atom. The lowest BCUT2D eigenvalue weighted by atomic mass is 10.1. The molecule has 1 aliphatic carbocycles. The second-order valence-electron chi connectivity index (χ2n) is 6.50. The van der Waals surface area contributed by atoms with Gasteiger partial charge in [-0.1, -0.05) is 17.7 Å². The Bertz CT molecular complexity index is 694. The molecule has 0 radical (unpaired) electrons. The number of carbonyl (C=O) groups is 1. The Balaban J connectivity index is 2.05. The Morgan fingerprint density at radius 3 is 2.41 bits per heavy atom. The van der Waals surface area contributed by atoms with E-state index in [1.54, 1.807) is 0 Å². The third-order valence-corrected chi connectivity index (χ3v) is 4.03. The summed E-state index contributed by atoms with van der Waals surface area (Å²) in [6.07, 6.45) is 2.26. The molecular weight excluding hydrogens is 274 g/mol. The number of aromatic nitrogens is 2. The van der Waals surface area contributed by atoms with Gasteiger partial charge in [0.05, 0.1) is 22.6 Å². The minimum Gasteiger partial charge on any atom is -0.350 e. The van der Waals surface area contributed by atoms with E-state index in [2.05, 4.69) is 36.5 Å². The molecule has 1 saturated carbocycles. The zero-order valence-corrected chi connectivity index (χ0v) is 13.7. The van der Waals surface area contributed by atoms with Gasteiger partial charge in [0.2, 0.25) is 0 Å². The number of hydrogen-bond donors (Lipinski definition) is 1. The van der Waals surface area contributed by atoms with E-state index in [9.17, 15) is 4.79 Å². The van der Waals surface area contributed by atoms with Crippen molar-refractivity contribution in [3.63, 3.8) is 0 Å². The van der Waals surface area contributed by atoms with Crippen molar-refractivity contribution in [2.45, 2.75) is 52.5 Å². The lowest BCUT2D eigenvalue weighted by Gasteiger charge is -2.09. The largest absolute Gasteiger partial charge is 0.350 e. The topological polar surface area (TPSA) is 46.9 Å². The number of nitrogens with one attached hydrogen (secondary N) is 1. The molecule has 1 heterocycles. The Hall–Kier alpha value is -2.10. The van der Waals surface area contributed by atoms with Crippen LogP contribution in [0, 0.1) is 13.8 Å². The van der Waals surface area contributed by atoms with Gasteiger partial charge in [-0.05, 0) is 52.7 Å². The van der Waals surface area contributed by atoms with Crippen molar-refractivity contribution >= 4 is 5.91 Å². The van der Waals surface area contributed by atoms with Crippen molar-refractivity contribution in [3.8, 4) is 5.69 Å². The van der Waals surface area contributed by atoms with Crippen molar-refractivity contribution in [3.05, 3.63) is 46.8 Å². The lowest BCUT2D eigenvalue weighted by Crippen LogP contribution is -2.31. The van der Waals surface area contributed by atoms with E-state index >= 15 is 0 Å². The summed E-state index contributed by atoms with van der Waals surface area (Å²) in [5.41, 5.74) is 4.86. The van der Waals surface area contributed by atoms with Crippen LogP contribution in [-0.2, 0) is 0 Å². The highest BCUT2D eigenvalue weighted by atomic mass is 16.1. The Labute approximate surface area is 131 Å². The van der Waals surface area contributed by atoms with E-state index in [1.807, 2.05) is 25.5 Å². The Kier molecular flexibility index (Phi) is 3.77. The molecule has 3 rings (SSSR count). The van der Waals surface area contributed by atoms with Gasteiger partial charge in [0.25, 0.3) is 5.91 Å². The van der Waals surface area contributed by atoms with Gasteiger partial charge in [0, 0.05) is 12.0 Å². The molecule has 4 heteroatoms. The number of hydrogen-bond acceptors (Lipinski definition) is 2. The first kappa shape index (κ1) is 14.8. The summed E-state index contributed by atoms with van der Waals surface area (Å²) in [6.45, 7) is 8.01. The molecule has 0 unspecified atom stereocenters. The van der Waals surface area contributed by atoms with E-state index in [0.717, 1.165) is 35.5 Å². The lowest BCUT2D eigenvalue weighted by molar-refractivity contribution is 0.0941. The van der Waals surface area contributed by atoms with Crippen LogP contribution < -0.4 is 5.32 Å². The molecular formula is C18H23N3O. The zero-order chi connectivity index (χ0) is 15.9. The van der Waals surface area contributed by atoms with E-state index in [0.29, 0.717) is 5.92 Å². The first-order valence-electron chi connectivity index (χ1n) is 7.94. The second kappa shape index (κ2) is 5.59. The normalized spacial score (nSPS) is 14.4. The van der Waals surface area contributed by atoms with Crippen LogP contribution >= 0.6 is 0 Å². The van der Waals surface area contributed by atoms with Crippen LogP contribution in [0.4, 0.5) is 0 Å². The van der Waals surface area contributed by atoms with Gasteiger partial charge in [0.15, 0.2) is 0 Å². The van der Waals surface area contributed by atoms with Crippen LogP contribution in [0.5, 0.6) is 0 Å². The van der Waals surface area contributed by atoms with E-state index < -0.39 is 0 Å². The van der Waals surface area contributed by atoms with Crippen LogP contribution in [0.3, 0.4) is 0 Å². The number of aryl methyl sites for hydroxylation is 1. The maximum atomic E-state index is 12.6. The molecule has 1 aromatic carbocycles. The smallest absolute Gasteiger partial charge is 0.255 e. The van der Waals surface area contributed by atoms with Crippen LogP contribution in [-0.4, -0.2) is 21.7 Å². The van der Waals surface area contributed by atoms with Crippen LogP contribution in [0.2, 0.25) is 0 Å². The van der Waals surface area contributed by atoms with Gasteiger partial charge in [-0.3, -0.25) is 4.79 Å². The molecule has 0 saturated heterocycles. The standard InChI is InChI=1S/C18H23N3O/c1-11(2)19-18(22)16-13(4)21(20-17(16)14-7-8-14)15-9-5-12(3)6-10-15/h5-6,9-11,14H,7-8H2,1-4H3,(H,19,22). The van der Waals surface area contributed by atoms with Gasteiger partial charge in [0.1, 0.15) is 0 Å². The molecule has 0 bridgehead atoms. The molecule has 1 aliphatic rings. The van der Waals surface area contributed by atoms with Crippen LogP contribution in [0.1, 0.15) is 59.9 Å². The highest BCUT2D eigenvalue weighted by molar-refractivity contribution is 5.97. The molecule has 0 spiro atoms. The van der Waals surface area contributed by atoms with Crippen LogP contribution in [0.25, 0.3) is 5.69 Å². The third-order valence-electron chi connectivity index (χ3n) is 4.03. The molecule has 1 N–H and O–H groups in total. The molecule has 1 fully saturated rings. The Morgan fingerprint density at radius 2 is 1.86 bits per heavy atom. The van der Waals surface area contributed by atoms with E-state index in [4.69, 9.17) is 5.10 Å². The number of benzene rings is 1.